The molecule has 6 nitrogen and oxygen atoms in total. The van der Waals surface area contributed by atoms with E-state index in [4.69, 9.17) is 0 Å². The molecule has 1 saturated carbocycles. The van der Waals surface area contributed by atoms with Crippen molar-refractivity contribution in [2.75, 3.05) is 13.1 Å². The average molecular weight is 361 g/mol. The summed E-state index contributed by atoms with van der Waals surface area (Å²) in [5.74, 6) is 0.00812. The van der Waals surface area contributed by atoms with Crippen molar-refractivity contribution < 1.29 is 13.2 Å². The first-order chi connectivity index (χ1) is 12.0. The number of aromatic nitrogens is 1. The average Bonchev–Trinajstić information content (AvgIpc) is 3.10. The van der Waals surface area contributed by atoms with E-state index in [2.05, 4.69) is 5.32 Å². The van der Waals surface area contributed by atoms with Crippen LogP contribution in [0.25, 0.3) is 10.9 Å². The van der Waals surface area contributed by atoms with Crippen LogP contribution in [0.4, 0.5) is 0 Å². The fourth-order valence-corrected chi connectivity index (χ4v) is 4.95. The Kier molecular flexibility index (Phi) is 4.08. The first-order valence-electron chi connectivity index (χ1n) is 8.88. The van der Waals surface area contributed by atoms with Crippen LogP contribution in [0.3, 0.4) is 0 Å². The molecule has 1 atom stereocenters. The van der Waals surface area contributed by atoms with Crippen molar-refractivity contribution in [1.29, 1.82) is 0 Å². The Morgan fingerprint density at radius 3 is 2.60 bits per heavy atom. The maximum Gasteiger partial charge on any atom is 0.243 e. The van der Waals surface area contributed by atoms with E-state index in [1.54, 1.807) is 22.5 Å². The number of sulfonamides is 1. The lowest BCUT2D eigenvalue weighted by Crippen LogP contribution is -2.32. The Morgan fingerprint density at radius 1 is 1.20 bits per heavy atom. The molecule has 134 valence electrons. The standard InChI is InChI=1S/C18H23N3O3S/c1-13(18(22)19-15-4-5-15)21-11-8-14-12-16(6-7-17(14)21)25(23,24)20-9-2-3-10-20/h6-8,11-13,15H,2-5,9-10H2,1H3,(H,19,22)/t13-/m0/s1. The molecule has 7 heteroatoms. The van der Waals surface area contributed by atoms with Gasteiger partial charge in [0.05, 0.1) is 4.90 Å². The van der Waals surface area contributed by atoms with E-state index in [1.807, 2.05) is 23.8 Å². The fourth-order valence-electron chi connectivity index (χ4n) is 3.39. The van der Waals surface area contributed by atoms with E-state index in [9.17, 15) is 13.2 Å². The summed E-state index contributed by atoms with van der Waals surface area (Å²) in [7, 11) is -3.42. The SMILES string of the molecule is C[C@@H](C(=O)NC1CC1)n1ccc2cc(S(=O)(=O)N3CCCC3)ccc21. The second kappa shape index (κ2) is 6.14. The number of nitrogens with zero attached hydrogens (tertiary/aromatic N) is 2. The highest BCUT2D eigenvalue weighted by molar-refractivity contribution is 7.89. The minimum Gasteiger partial charge on any atom is -0.352 e. The van der Waals surface area contributed by atoms with E-state index >= 15 is 0 Å². The molecule has 4 rings (SSSR count). The van der Waals surface area contributed by atoms with Gasteiger partial charge in [-0.1, -0.05) is 0 Å². The lowest BCUT2D eigenvalue weighted by molar-refractivity contribution is -0.123. The highest BCUT2D eigenvalue weighted by atomic mass is 32.2. The number of hydrogen-bond acceptors (Lipinski definition) is 3. The van der Waals surface area contributed by atoms with Gasteiger partial charge in [0.2, 0.25) is 15.9 Å². The number of rotatable bonds is 5. The molecule has 2 fully saturated rings. The zero-order valence-corrected chi connectivity index (χ0v) is 15.1. The summed E-state index contributed by atoms with van der Waals surface area (Å²) in [4.78, 5) is 12.6. The molecule has 0 spiro atoms. The van der Waals surface area contributed by atoms with Gasteiger partial charge in [-0.25, -0.2) is 8.42 Å². The van der Waals surface area contributed by atoms with Gasteiger partial charge in [-0.05, 0) is 56.9 Å². The molecule has 0 radical (unpaired) electrons. The molecule has 0 bridgehead atoms. The van der Waals surface area contributed by atoms with Crippen molar-refractivity contribution in [3.05, 3.63) is 30.5 Å². The molecule has 2 heterocycles. The van der Waals surface area contributed by atoms with Crippen LogP contribution in [0.1, 0.15) is 38.6 Å². The van der Waals surface area contributed by atoms with Crippen LogP contribution < -0.4 is 5.32 Å². The van der Waals surface area contributed by atoms with Crippen molar-refractivity contribution in [1.82, 2.24) is 14.2 Å². The molecule has 2 aromatic rings. The molecule has 1 saturated heterocycles. The van der Waals surface area contributed by atoms with Crippen molar-refractivity contribution in [3.63, 3.8) is 0 Å². The largest absolute Gasteiger partial charge is 0.352 e. The summed E-state index contributed by atoms with van der Waals surface area (Å²) in [6.45, 7) is 3.06. The van der Waals surface area contributed by atoms with E-state index in [0.29, 0.717) is 24.0 Å². The molecular formula is C18H23N3O3S. The third-order valence-corrected chi connectivity index (χ3v) is 7.01. The van der Waals surface area contributed by atoms with Crippen LogP contribution in [0.5, 0.6) is 0 Å². The summed E-state index contributed by atoms with van der Waals surface area (Å²) in [6.07, 6.45) is 5.82. The fraction of sp³-hybridized carbons (Fsp3) is 0.500. The van der Waals surface area contributed by atoms with Crippen LogP contribution in [0, 0.1) is 0 Å². The maximum atomic E-state index is 12.7. The van der Waals surface area contributed by atoms with Crippen LogP contribution in [-0.4, -0.2) is 42.3 Å². The number of nitrogens with one attached hydrogen (secondary N) is 1. The number of fused-ring (bicyclic) bond motifs is 1. The Labute approximate surface area is 147 Å². The highest BCUT2D eigenvalue weighted by Gasteiger charge is 2.28. The van der Waals surface area contributed by atoms with Gasteiger partial charge in [-0.3, -0.25) is 4.79 Å². The Bertz CT molecular complexity index is 909. The topological polar surface area (TPSA) is 71.4 Å². The Balaban J connectivity index is 1.63. The van der Waals surface area contributed by atoms with Gasteiger partial charge in [0.25, 0.3) is 0 Å². The summed E-state index contributed by atoms with van der Waals surface area (Å²) < 4.78 is 28.9. The molecule has 1 aliphatic carbocycles. The first-order valence-corrected chi connectivity index (χ1v) is 10.3. The van der Waals surface area contributed by atoms with Crippen molar-refractivity contribution in [2.45, 2.75) is 49.6 Å². The van der Waals surface area contributed by atoms with E-state index in [-0.39, 0.29) is 11.9 Å². The summed E-state index contributed by atoms with van der Waals surface area (Å²) >= 11 is 0. The number of carbonyl (C=O) groups is 1. The smallest absolute Gasteiger partial charge is 0.243 e. The second-order valence-corrected chi connectivity index (χ2v) is 8.95. The van der Waals surface area contributed by atoms with Crippen molar-refractivity contribution in [3.8, 4) is 0 Å². The quantitative estimate of drug-likeness (QED) is 0.888. The first kappa shape index (κ1) is 16.6. The van der Waals surface area contributed by atoms with E-state index in [1.165, 1.54) is 0 Å². The van der Waals surface area contributed by atoms with Crippen LogP contribution in [0.15, 0.2) is 35.4 Å². The number of carbonyl (C=O) groups excluding carboxylic acids is 1. The number of benzene rings is 1. The molecular weight excluding hydrogens is 338 g/mol. The Morgan fingerprint density at radius 2 is 1.92 bits per heavy atom. The van der Waals surface area contributed by atoms with Gasteiger partial charge in [0.1, 0.15) is 6.04 Å². The number of amides is 1. The normalized spacial score (nSPS) is 20.0. The minimum atomic E-state index is -3.42. The molecule has 1 aromatic heterocycles. The molecule has 1 amide bonds. The lowest BCUT2D eigenvalue weighted by Gasteiger charge is -2.17. The molecule has 1 aromatic carbocycles. The van der Waals surface area contributed by atoms with Crippen molar-refractivity contribution in [2.24, 2.45) is 0 Å². The lowest BCUT2D eigenvalue weighted by atomic mass is 10.2. The van der Waals surface area contributed by atoms with Gasteiger partial charge in [-0.15, -0.1) is 0 Å². The zero-order chi connectivity index (χ0) is 17.6. The molecule has 0 unspecified atom stereocenters. The predicted molar refractivity (Wildman–Crippen MR) is 95.8 cm³/mol. The van der Waals surface area contributed by atoms with Gasteiger partial charge in [-0.2, -0.15) is 4.31 Å². The van der Waals surface area contributed by atoms with E-state index in [0.717, 1.165) is 36.6 Å². The zero-order valence-electron chi connectivity index (χ0n) is 14.3. The van der Waals surface area contributed by atoms with Gasteiger partial charge < -0.3 is 9.88 Å². The summed E-state index contributed by atoms with van der Waals surface area (Å²) in [5, 5.41) is 3.86. The minimum absolute atomic E-state index is 0.00812. The van der Waals surface area contributed by atoms with Gasteiger partial charge >= 0.3 is 0 Å². The maximum absolute atomic E-state index is 12.7. The monoisotopic (exact) mass is 361 g/mol. The van der Waals surface area contributed by atoms with E-state index < -0.39 is 10.0 Å². The van der Waals surface area contributed by atoms with Gasteiger partial charge in [0.15, 0.2) is 0 Å². The Hall–Kier alpha value is -1.86. The van der Waals surface area contributed by atoms with Crippen LogP contribution in [0.2, 0.25) is 0 Å². The third kappa shape index (κ3) is 3.06. The highest BCUT2D eigenvalue weighted by Crippen LogP contribution is 2.27. The van der Waals surface area contributed by atoms with Crippen molar-refractivity contribution >= 4 is 26.8 Å². The summed E-state index contributed by atoms with van der Waals surface area (Å²) in [5.41, 5.74) is 0.874. The number of hydrogen-bond donors (Lipinski definition) is 1. The molecule has 1 aliphatic heterocycles. The van der Waals surface area contributed by atoms with Gasteiger partial charge in [0, 0.05) is 36.2 Å². The summed E-state index contributed by atoms with van der Waals surface area (Å²) in [6, 6.07) is 7.05. The van der Waals surface area contributed by atoms with Crippen LogP contribution in [-0.2, 0) is 14.8 Å². The molecule has 25 heavy (non-hydrogen) atoms. The second-order valence-electron chi connectivity index (χ2n) is 7.01. The molecule has 1 N–H and O–H groups in total. The van der Waals surface area contributed by atoms with Crippen LogP contribution >= 0.6 is 0 Å². The molecule has 2 aliphatic rings. The predicted octanol–water partition coefficient (Wildman–Crippen LogP) is 2.27. The third-order valence-electron chi connectivity index (χ3n) is 5.12.